The van der Waals surface area contributed by atoms with Crippen molar-refractivity contribution in [2.45, 2.75) is 55.1 Å². The molecule has 0 spiro atoms. The number of hydrogen-bond donors (Lipinski definition) is 0. The second-order valence-electron chi connectivity index (χ2n) is 5.43. The minimum absolute atomic E-state index is 0.0765. The van der Waals surface area contributed by atoms with Gasteiger partial charge in [-0.3, -0.25) is 0 Å². The molecule has 22 heavy (non-hydrogen) atoms. The third-order valence-electron chi connectivity index (χ3n) is 3.55. The zero-order valence-electron chi connectivity index (χ0n) is 12.2. The van der Waals surface area contributed by atoms with Crippen molar-refractivity contribution in [3.8, 4) is 0 Å². The molecule has 0 saturated heterocycles. The Morgan fingerprint density at radius 2 is 1.27 bits per heavy atom. The van der Waals surface area contributed by atoms with E-state index in [9.17, 15) is 0 Å². The summed E-state index contributed by atoms with van der Waals surface area (Å²) in [6.45, 7) is 0. The molecule has 0 aliphatic carbocycles. The molecule has 0 nitrogen and oxygen atoms in total. The van der Waals surface area contributed by atoms with Gasteiger partial charge >= 0.3 is 0 Å². The smallest absolute Gasteiger partial charge is 0.0622 e. The number of unbranched alkanes of at least 4 members (excludes halogenated alkanes) is 4. The van der Waals surface area contributed by atoms with Crippen LogP contribution in [0.1, 0.15) is 56.4 Å². The lowest BCUT2D eigenvalue weighted by atomic mass is 9.94. The first kappa shape index (κ1) is 22.1. The highest BCUT2D eigenvalue weighted by Gasteiger charge is 2.31. The van der Waals surface area contributed by atoms with Crippen LogP contribution in [-0.2, 0) is 0 Å². The molecule has 0 aliphatic rings. The molecule has 0 saturated carbocycles. The summed E-state index contributed by atoms with van der Waals surface area (Å²) in [7, 11) is 0. The van der Waals surface area contributed by atoms with Crippen molar-refractivity contribution in [1.29, 1.82) is 0 Å². The highest BCUT2D eigenvalue weighted by Crippen LogP contribution is 2.48. The number of alkyl halides is 6. The van der Waals surface area contributed by atoms with Crippen molar-refractivity contribution in [2.24, 2.45) is 0 Å². The molecule has 0 aromatic heterocycles. The van der Waals surface area contributed by atoms with E-state index in [0.29, 0.717) is 5.92 Å². The van der Waals surface area contributed by atoms with Crippen molar-refractivity contribution in [3.63, 3.8) is 0 Å². The van der Waals surface area contributed by atoms with Gasteiger partial charge < -0.3 is 0 Å². The summed E-state index contributed by atoms with van der Waals surface area (Å²) >= 11 is 21.8. The molecule has 126 valence electrons. The fourth-order valence-electron chi connectivity index (χ4n) is 2.41. The summed E-state index contributed by atoms with van der Waals surface area (Å²) in [5, 5.41) is 0. The zero-order valence-corrected chi connectivity index (χ0v) is 21.7. The SMILES string of the molecule is BrC(Br)(Br)CCCCCCCC(c1ccccc1)C(Br)(Br)Br. The van der Waals surface area contributed by atoms with E-state index in [1.165, 1.54) is 37.7 Å². The van der Waals surface area contributed by atoms with E-state index in [2.05, 4.69) is 126 Å². The van der Waals surface area contributed by atoms with Crippen LogP contribution in [0.3, 0.4) is 0 Å². The molecule has 0 N–H and O–H groups in total. The minimum Gasteiger partial charge on any atom is -0.0622 e. The van der Waals surface area contributed by atoms with Crippen molar-refractivity contribution < 1.29 is 0 Å². The van der Waals surface area contributed by atoms with Crippen LogP contribution in [0.5, 0.6) is 0 Å². The molecule has 0 fully saturated rings. The lowest BCUT2D eigenvalue weighted by Gasteiger charge is -2.26. The van der Waals surface area contributed by atoms with Gasteiger partial charge in [-0.15, -0.1) is 0 Å². The Kier molecular flexibility index (Phi) is 11.0. The quantitative estimate of drug-likeness (QED) is 0.189. The van der Waals surface area contributed by atoms with Crippen LogP contribution in [-0.4, -0.2) is 4.29 Å². The van der Waals surface area contributed by atoms with E-state index in [-0.39, 0.29) is 4.29 Å². The molecule has 0 aliphatic heterocycles. The predicted octanol–water partition coefficient (Wildman–Crippen LogP) is 9.18. The highest BCUT2D eigenvalue weighted by molar-refractivity contribution is 9.39. The van der Waals surface area contributed by atoms with E-state index >= 15 is 0 Å². The molecule has 1 atom stereocenters. The maximum Gasteiger partial charge on any atom is 0.141 e. The van der Waals surface area contributed by atoms with Gasteiger partial charge in [0.2, 0.25) is 0 Å². The standard InChI is InChI=1S/C16H20Br6/c17-15(18,19)12-8-3-1-2-7-11-14(16(20,21)22)13-9-5-4-6-10-13/h4-6,9-10,14H,1-3,7-8,11-12H2. The van der Waals surface area contributed by atoms with Gasteiger partial charge in [0, 0.05) is 5.92 Å². The summed E-state index contributed by atoms with van der Waals surface area (Å²) in [6.07, 6.45) is 8.58. The van der Waals surface area contributed by atoms with E-state index in [1.807, 2.05) is 0 Å². The lowest BCUT2D eigenvalue weighted by molar-refractivity contribution is 0.551. The van der Waals surface area contributed by atoms with Crippen LogP contribution in [0.2, 0.25) is 0 Å². The van der Waals surface area contributed by atoms with Crippen molar-refractivity contribution in [2.75, 3.05) is 0 Å². The van der Waals surface area contributed by atoms with Gasteiger partial charge in [0.05, 0.1) is 0 Å². The topological polar surface area (TPSA) is 0 Å². The molecule has 1 unspecified atom stereocenters. The molecule has 0 radical (unpaired) electrons. The van der Waals surface area contributed by atoms with Crippen LogP contribution in [0.4, 0.5) is 0 Å². The van der Waals surface area contributed by atoms with Gasteiger partial charge in [-0.1, -0.05) is 158 Å². The first-order valence-corrected chi connectivity index (χ1v) is 12.1. The maximum atomic E-state index is 3.72. The Labute approximate surface area is 184 Å². The van der Waals surface area contributed by atoms with Crippen LogP contribution in [0.15, 0.2) is 30.3 Å². The lowest BCUT2D eigenvalue weighted by Crippen LogP contribution is -2.15. The Hall–Kier alpha value is 2.10. The Morgan fingerprint density at radius 3 is 1.82 bits per heavy atom. The Morgan fingerprint density at radius 1 is 0.727 bits per heavy atom. The third kappa shape index (κ3) is 10.2. The van der Waals surface area contributed by atoms with E-state index in [4.69, 9.17) is 0 Å². The highest BCUT2D eigenvalue weighted by atomic mass is 80.0. The van der Waals surface area contributed by atoms with E-state index in [1.54, 1.807) is 0 Å². The number of rotatable bonds is 8. The largest absolute Gasteiger partial charge is 0.141 e. The number of hydrogen-bond acceptors (Lipinski definition) is 0. The monoisotopic (exact) mass is 686 g/mol. The average Bonchev–Trinajstić information content (AvgIpc) is 2.40. The summed E-state index contributed by atoms with van der Waals surface area (Å²) in [6, 6.07) is 10.7. The zero-order chi connectivity index (χ0) is 16.6. The molecule has 0 heterocycles. The first-order valence-electron chi connectivity index (χ1n) is 7.38. The van der Waals surface area contributed by atoms with Crippen molar-refractivity contribution in [3.05, 3.63) is 35.9 Å². The molecule has 1 rings (SSSR count). The summed E-state index contributed by atoms with van der Waals surface area (Å²) in [5.74, 6) is 0.411. The molecular formula is C16H20Br6. The summed E-state index contributed by atoms with van der Waals surface area (Å²) in [5.41, 5.74) is 1.36. The van der Waals surface area contributed by atoms with E-state index in [0.717, 1.165) is 12.8 Å². The van der Waals surface area contributed by atoms with Gasteiger partial charge in [0.25, 0.3) is 0 Å². The second kappa shape index (κ2) is 10.9. The maximum absolute atomic E-state index is 3.72. The van der Waals surface area contributed by atoms with Gasteiger partial charge in [-0.05, 0) is 18.4 Å². The van der Waals surface area contributed by atoms with Gasteiger partial charge in [0.1, 0.15) is 4.29 Å². The molecule has 1 aromatic rings. The minimum atomic E-state index is -0.226. The van der Waals surface area contributed by atoms with Crippen LogP contribution >= 0.6 is 95.6 Å². The van der Waals surface area contributed by atoms with E-state index < -0.39 is 0 Å². The average molecular weight is 692 g/mol. The van der Waals surface area contributed by atoms with Gasteiger partial charge in [-0.2, -0.15) is 0 Å². The Bertz CT molecular complexity index is 407. The summed E-state index contributed by atoms with van der Waals surface area (Å²) in [4.78, 5) is 0. The molecule has 1 aromatic carbocycles. The molecule has 0 bridgehead atoms. The number of benzene rings is 1. The summed E-state index contributed by atoms with van der Waals surface area (Å²) < 4.78 is -0.303. The third-order valence-corrected chi connectivity index (χ3v) is 6.40. The normalized spacial score (nSPS) is 14.1. The van der Waals surface area contributed by atoms with Crippen molar-refractivity contribution >= 4 is 95.6 Å². The van der Waals surface area contributed by atoms with Crippen LogP contribution < -0.4 is 0 Å². The molecule has 0 amide bonds. The fraction of sp³-hybridized carbons (Fsp3) is 0.625. The van der Waals surface area contributed by atoms with Gasteiger partial charge in [0.15, 0.2) is 0 Å². The predicted molar refractivity (Wildman–Crippen MR) is 121 cm³/mol. The number of halogens is 6. The first-order chi connectivity index (χ1) is 10.2. The molecule has 6 heteroatoms. The van der Waals surface area contributed by atoms with Crippen LogP contribution in [0, 0.1) is 0 Å². The Balaban J connectivity index is 2.31. The second-order valence-corrected chi connectivity index (χ2v) is 19.6. The molecular weight excluding hydrogens is 672 g/mol. The van der Waals surface area contributed by atoms with Crippen LogP contribution in [0.25, 0.3) is 0 Å². The van der Waals surface area contributed by atoms with Crippen molar-refractivity contribution in [1.82, 2.24) is 0 Å². The fourth-order valence-corrected chi connectivity index (χ4v) is 4.73. The van der Waals surface area contributed by atoms with Gasteiger partial charge in [-0.25, -0.2) is 0 Å².